The smallest absolute Gasteiger partial charge is 0.312 e. The lowest BCUT2D eigenvalue weighted by atomic mass is 9.47. The molecule has 7 nitrogen and oxygen atoms in total. The van der Waals surface area contributed by atoms with E-state index in [9.17, 15) is 0 Å². The molecule has 5 aliphatic rings. The number of ether oxygens (including phenoxy) is 3. The molecule has 31 heavy (non-hydrogen) atoms. The molecule has 0 aromatic carbocycles. The quantitative estimate of drug-likeness (QED) is 0.718. The molecule has 1 aromatic heterocycles. The molecule has 1 aromatic rings. The second-order valence-electron chi connectivity index (χ2n) is 11.0. The first kappa shape index (κ1) is 20.2. The minimum absolute atomic E-state index is 0.108. The van der Waals surface area contributed by atoms with Crippen LogP contribution < -0.4 is 5.73 Å². The lowest BCUT2D eigenvalue weighted by molar-refractivity contribution is -0.147. The molecule has 3 saturated carbocycles. The average molecular weight is 430 g/mol. The van der Waals surface area contributed by atoms with Crippen molar-refractivity contribution in [3.8, 4) is 0 Å². The van der Waals surface area contributed by atoms with Crippen LogP contribution in [0.4, 0.5) is 6.01 Å². The molecule has 2 heterocycles. The molecule has 6 atom stereocenters. The van der Waals surface area contributed by atoms with Crippen molar-refractivity contribution < 1.29 is 18.6 Å². The van der Waals surface area contributed by atoms with Crippen molar-refractivity contribution in [2.24, 2.45) is 28.6 Å². The summed E-state index contributed by atoms with van der Waals surface area (Å²) in [5.74, 6) is 2.34. The summed E-state index contributed by atoms with van der Waals surface area (Å²) in [6.45, 7) is 6.81. The van der Waals surface area contributed by atoms with E-state index in [-0.39, 0.29) is 17.5 Å². The van der Waals surface area contributed by atoms with Crippen LogP contribution in [0.1, 0.15) is 71.1 Å². The SMILES string of the molecule is C[C@]12CC[C@H]3[C@@H](CCC4=CC5(CC[C@@]43C)OCCO5)[C@@H]1CC[C@@H]2OCc1nnc(N)o1. The molecular weight excluding hydrogens is 394 g/mol. The third-order valence-electron chi connectivity index (χ3n) is 9.70. The van der Waals surface area contributed by atoms with Crippen LogP contribution in [-0.2, 0) is 20.8 Å². The fourth-order valence-corrected chi connectivity index (χ4v) is 8.10. The topological polar surface area (TPSA) is 92.6 Å². The maximum atomic E-state index is 6.35. The average Bonchev–Trinajstić information content (AvgIpc) is 3.46. The van der Waals surface area contributed by atoms with E-state index >= 15 is 0 Å². The fraction of sp³-hybridized carbons (Fsp3) is 0.833. The minimum atomic E-state index is -0.421. The highest BCUT2D eigenvalue weighted by atomic mass is 16.7. The second kappa shape index (κ2) is 7.03. The molecule has 0 bridgehead atoms. The molecule has 170 valence electrons. The van der Waals surface area contributed by atoms with Gasteiger partial charge in [-0.15, -0.1) is 5.10 Å². The first-order chi connectivity index (χ1) is 14.9. The molecule has 0 amide bonds. The van der Waals surface area contributed by atoms with E-state index in [4.69, 9.17) is 24.4 Å². The normalized spacial score (nSPS) is 43.4. The van der Waals surface area contributed by atoms with E-state index < -0.39 is 5.79 Å². The summed E-state index contributed by atoms with van der Waals surface area (Å²) in [5.41, 5.74) is 7.69. The molecule has 1 saturated heterocycles. The molecule has 0 radical (unpaired) electrons. The van der Waals surface area contributed by atoms with Crippen LogP contribution in [0.3, 0.4) is 0 Å². The highest BCUT2D eigenvalue weighted by molar-refractivity contribution is 5.27. The Balaban J connectivity index is 1.20. The van der Waals surface area contributed by atoms with Gasteiger partial charge in [-0.1, -0.05) is 24.5 Å². The van der Waals surface area contributed by atoms with Gasteiger partial charge in [-0.3, -0.25) is 0 Å². The van der Waals surface area contributed by atoms with Crippen molar-refractivity contribution in [2.75, 3.05) is 18.9 Å². The van der Waals surface area contributed by atoms with Gasteiger partial charge in [0.1, 0.15) is 6.61 Å². The van der Waals surface area contributed by atoms with Gasteiger partial charge in [-0.25, -0.2) is 0 Å². The summed E-state index contributed by atoms with van der Waals surface area (Å²) in [7, 11) is 0. The Morgan fingerprint density at radius 3 is 2.65 bits per heavy atom. The number of nitrogens with zero attached hydrogens (tertiary/aromatic N) is 2. The Bertz CT molecular complexity index is 878. The molecular formula is C24H35N3O4. The van der Waals surface area contributed by atoms with Crippen LogP contribution in [0.5, 0.6) is 0 Å². The number of hydrogen-bond donors (Lipinski definition) is 1. The first-order valence-corrected chi connectivity index (χ1v) is 12.1. The van der Waals surface area contributed by atoms with Gasteiger partial charge in [0.2, 0.25) is 5.89 Å². The van der Waals surface area contributed by atoms with Gasteiger partial charge in [0.25, 0.3) is 0 Å². The Kier molecular flexibility index (Phi) is 4.58. The minimum Gasteiger partial charge on any atom is -0.406 e. The van der Waals surface area contributed by atoms with Gasteiger partial charge in [-0.05, 0) is 79.6 Å². The summed E-state index contributed by atoms with van der Waals surface area (Å²) in [6.07, 6.45) is 12.2. The van der Waals surface area contributed by atoms with Gasteiger partial charge < -0.3 is 24.4 Å². The van der Waals surface area contributed by atoms with E-state index in [1.54, 1.807) is 5.57 Å². The van der Waals surface area contributed by atoms with Gasteiger partial charge in [0.15, 0.2) is 5.79 Å². The monoisotopic (exact) mass is 429 g/mol. The van der Waals surface area contributed by atoms with Crippen molar-refractivity contribution in [2.45, 2.75) is 83.7 Å². The largest absolute Gasteiger partial charge is 0.406 e. The summed E-state index contributed by atoms with van der Waals surface area (Å²) < 4.78 is 23.7. The third-order valence-corrected chi connectivity index (χ3v) is 9.70. The number of hydrogen-bond acceptors (Lipinski definition) is 7. The summed E-state index contributed by atoms with van der Waals surface area (Å²) in [6, 6.07) is 0.108. The molecule has 4 fully saturated rings. The van der Waals surface area contributed by atoms with Crippen LogP contribution >= 0.6 is 0 Å². The number of anilines is 1. The van der Waals surface area contributed by atoms with Crippen molar-refractivity contribution >= 4 is 6.01 Å². The fourth-order valence-electron chi connectivity index (χ4n) is 8.10. The van der Waals surface area contributed by atoms with Crippen LogP contribution in [0.2, 0.25) is 0 Å². The molecule has 1 spiro atoms. The number of allylic oxidation sites excluding steroid dienone is 1. The van der Waals surface area contributed by atoms with Gasteiger partial charge in [-0.2, -0.15) is 0 Å². The van der Waals surface area contributed by atoms with Gasteiger partial charge in [0.05, 0.1) is 19.3 Å². The van der Waals surface area contributed by atoms with Crippen LogP contribution in [0.15, 0.2) is 16.1 Å². The Morgan fingerprint density at radius 2 is 1.87 bits per heavy atom. The zero-order valence-corrected chi connectivity index (χ0v) is 18.8. The zero-order chi connectivity index (χ0) is 21.3. The van der Waals surface area contributed by atoms with Crippen molar-refractivity contribution in [1.82, 2.24) is 10.2 Å². The predicted molar refractivity (Wildman–Crippen MR) is 114 cm³/mol. The number of aromatic nitrogens is 2. The Morgan fingerprint density at radius 1 is 1.03 bits per heavy atom. The Labute approximate surface area is 184 Å². The summed E-state index contributed by atoms with van der Waals surface area (Å²) >= 11 is 0. The lowest BCUT2D eigenvalue weighted by Crippen LogP contribution is -2.52. The van der Waals surface area contributed by atoms with Gasteiger partial charge in [0, 0.05) is 6.42 Å². The molecule has 0 unspecified atom stereocenters. The van der Waals surface area contributed by atoms with Gasteiger partial charge >= 0.3 is 6.01 Å². The number of nitrogen functional groups attached to an aromatic ring is 1. The first-order valence-electron chi connectivity index (χ1n) is 12.1. The predicted octanol–water partition coefficient (Wildman–Crippen LogP) is 4.24. The zero-order valence-electron chi connectivity index (χ0n) is 18.8. The number of rotatable bonds is 3. The van der Waals surface area contributed by atoms with E-state index in [0.29, 0.717) is 17.9 Å². The second-order valence-corrected chi connectivity index (χ2v) is 11.0. The van der Waals surface area contributed by atoms with E-state index in [2.05, 4.69) is 30.1 Å². The maximum Gasteiger partial charge on any atom is 0.312 e. The summed E-state index contributed by atoms with van der Waals surface area (Å²) in [4.78, 5) is 0. The highest BCUT2D eigenvalue weighted by Gasteiger charge is 2.60. The Hall–Kier alpha value is -1.44. The lowest BCUT2D eigenvalue weighted by Gasteiger charge is -2.59. The maximum absolute atomic E-state index is 6.35. The highest BCUT2D eigenvalue weighted by Crippen LogP contribution is 2.66. The van der Waals surface area contributed by atoms with Crippen molar-refractivity contribution in [3.05, 3.63) is 17.5 Å². The number of fused-ring (bicyclic) bond motifs is 5. The molecule has 1 aliphatic heterocycles. The molecule has 4 aliphatic carbocycles. The van der Waals surface area contributed by atoms with E-state index in [1.165, 1.54) is 38.5 Å². The van der Waals surface area contributed by atoms with Crippen molar-refractivity contribution in [1.29, 1.82) is 0 Å². The summed E-state index contributed by atoms with van der Waals surface area (Å²) in [5, 5.41) is 7.71. The number of nitrogens with two attached hydrogens (primary N) is 1. The van der Waals surface area contributed by atoms with Crippen LogP contribution in [0.25, 0.3) is 0 Å². The molecule has 2 N–H and O–H groups in total. The third kappa shape index (κ3) is 3.03. The van der Waals surface area contributed by atoms with E-state index in [0.717, 1.165) is 43.8 Å². The van der Waals surface area contributed by atoms with Crippen molar-refractivity contribution in [3.63, 3.8) is 0 Å². The molecule has 7 heteroatoms. The van der Waals surface area contributed by atoms with Crippen LogP contribution in [0, 0.1) is 28.6 Å². The molecule has 6 rings (SSSR count). The van der Waals surface area contributed by atoms with Crippen LogP contribution in [-0.4, -0.2) is 35.3 Å². The standard InChI is InChI=1S/C24H35N3O4/c1-22-9-10-24(29-11-12-30-24)13-15(22)3-4-16-17-5-6-19(23(17,2)8-7-18(16)22)28-14-20-26-27-21(25)31-20/h13,16-19H,3-12,14H2,1-2H3,(H2,25,27)/t16-,17-,18-,19-,22-,23-/m0/s1. The van der Waals surface area contributed by atoms with E-state index in [1.807, 2.05) is 0 Å².